The average Bonchev–Trinajstić information content (AvgIpc) is 2.90. The molecule has 1 atom stereocenters. The predicted octanol–water partition coefficient (Wildman–Crippen LogP) is 3.89. The Kier molecular flexibility index (Phi) is 5.25. The summed E-state index contributed by atoms with van der Waals surface area (Å²) < 4.78 is 5.62. The van der Waals surface area contributed by atoms with Crippen molar-refractivity contribution in [1.29, 1.82) is 0 Å². The van der Waals surface area contributed by atoms with E-state index in [4.69, 9.17) is 4.74 Å². The van der Waals surface area contributed by atoms with Gasteiger partial charge in [0.25, 0.3) is 0 Å². The molecular formula is C18H27NOS. The van der Waals surface area contributed by atoms with E-state index < -0.39 is 0 Å². The van der Waals surface area contributed by atoms with Crippen LogP contribution in [-0.2, 0) is 11.2 Å². The summed E-state index contributed by atoms with van der Waals surface area (Å²) in [4.78, 5) is 1.51. The Bertz CT molecular complexity index is 431. The maximum atomic E-state index is 5.62. The van der Waals surface area contributed by atoms with Crippen molar-refractivity contribution < 1.29 is 4.74 Å². The first kappa shape index (κ1) is 15.4. The smallest absolute Gasteiger partial charge is 0.0471 e. The van der Waals surface area contributed by atoms with E-state index in [0.29, 0.717) is 5.41 Å². The van der Waals surface area contributed by atoms with Gasteiger partial charge in [0, 0.05) is 29.9 Å². The van der Waals surface area contributed by atoms with Gasteiger partial charge in [-0.15, -0.1) is 11.8 Å². The van der Waals surface area contributed by atoms with Gasteiger partial charge in [-0.1, -0.05) is 25.1 Å². The van der Waals surface area contributed by atoms with Crippen molar-refractivity contribution >= 4 is 11.8 Å². The van der Waals surface area contributed by atoms with Crippen LogP contribution < -0.4 is 5.32 Å². The number of benzene rings is 1. The van der Waals surface area contributed by atoms with Gasteiger partial charge >= 0.3 is 0 Å². The lowest BCUT2D eigenvalue weighted by Crippen LogP contribution is -2.41. The zero-order chi connectivity index (χ0) is 14.5. The topological polar surface area (TPSA) is 21.3 Å². The van der Waals surface area contributed by atoms with Crippen LogP contribution in [-0.4, -0.2) is 31.6 Å². The Labute approximate surface area is 133 Å². The highest BCUT2D eigenvalue weighted by atomic mass is 32.2. The van der Waals surface area contributed by atoms with Crippen LogP contribution in [0.2, 0.25) is 0 Å². The Morgan fingerprint density at radius 3 is 2.86 bits per heavy atom. The highest BCUT2D eigenvalue weighted by Crippen LogP contribution is 2.45. The normalized spacial score (nSPS) is 24.0. The SMILES string of the molecule is CCCNCC1(CC2Cc3ccccc3S2)CCOCC1. The molecule has 2 heterocycles. The van der Waals surface area contributed by atoms with Crippen LogP contribution >= 0.6 is 11.8 Å². The molecule has 0 radical (unpaired) electrons. The summed E-state index contributed by atoms with van der Waals surface area (Å²) in [5.74, 6) is 0. The van der Waals surface area contributed by atoms with Gasteiger partial charge < -0.3 is 10.1 Å². The molecule has 1 unspecified atom stereocenters. The summed E-state index contributed by atoms with van der Waals surface area (Å²) in [6.07, 6.45) is 6.23. The highest BCUT2D eigenvalue weighted by molar-refractivity contribution is 8.00. The Hall–Kier alpha value is -0.510. The first-order valence-corrected chi connectivity index (χ1v) is 9.22. The molecule has 2 aliphatic heterocycles. The lowest BCUT2D eigenvalue weighted by molar-refractivity contribution is 0.0105. The van der Waals surface area contributed by atoms with Gasteiger partial charge in [0.1, 0.15) is 0 Å². The van der Waals surface area contributed by atoms with Gasteiger partial charge in [-0.25, -0.2) is 0 Å². The second-order valence-electron chi connectivity index (χ2n) is 6.54. The lowest BCUT2D eigenvalue weighted by atomic mass is 9.75. The molecule has 0 aliphatic carbocycles. The highest BCUT2D eigenvalue weighted by Gasteiger charge is 2.36. The minimum absolute atomic E-state index is 0.452. The molecule has 1 aromatic rings. The molecule has 1 saturated heterocycles. The number of nitrogens with one attached hydrogen (secondary N) is 1. The van der Waals surface area contributed by atoms with Crippen LogP contribution in [0, 0.1) is 5.41 Å². The summed E-state index contributed by atoms with van der Waals surface area (Å²) in [5.41, 5.74) is 2.00. The van der Waals surface area contributed by atoms with Crippen LogP contribution in [0.25, 0.3) is 0 Å². The molecule has 0 spiro atoms. The zero-order valence-electron chi connectivity index (χ0n) is 13.1. The van der Waals surface area contributed by atoms with Gasteiger partial charge in [0.05, 0.1) is 0 Å². The monoisotopic (exact) mass is 305 g/mol. The Morgan fingerprint density at radius 2 is 2.10 bits per heavy atom. The number of hydrogen-bond acceptors (Lipinski definition) is 3. The molecule has 0 saturated carbocycles. The third-order valence-electron chi connectivity index (χ3n) is 4.85. The summed E-state index contributed by atoms with van der Waals surface area (Å²) >= 11 is 2.10. The maximum Gasteiger partial charge on any atom is 0.0471 e. The fourth-order valence-electron chi connectivity index (χ4n) is 3.64. The number of fused-ring (bicyclic) bond motifs is 1. The van der Waals surface area contributed by atoms with Crippen LogP contribution in [0.3, 0.4) is 0 Å². The first-order valence-electron chi connectivity index (χ1n) is 8.34. The lowest BCUT2D eigenvalue weighted by Gasteiger charge is -2.39. The van der Waals surface area contributed by atoms with Crippen molar-refractivity contribution in [2.75, 3.05) is 26.3 Å². The maximum absolute atomic E-state index is 5.62. The molecular weight excluding hydrogens is 278 g/mol. The fraction of sp³-hybridized carbons (Fsp3) is 0.667. The first-order chi connectivity index (χ1) is 10.3. The standard InChI is InChI=1S/C18H27NOS/c1-2-9-19-14-18(7-10-20-11-8-18)13-16-12-15-5-3-4-6-17(15)21-16/h3-6,16,19H,2,7-14H2,1H3. The van der Waals surface area contributed by atoms with Gasteiger partial charge in [0.2, 0.25) is 0 Å². The Balaban J connectivity index is 1.62. The third-order valence-corrected chi connectivity index (χ3v) is 6.17. The summed E-state index contributed by atoms with van der Waals surface area (Å²) in [6, 6.07) is 8.93. The molecule has 3 rings (SSSR count). The van der Waals surface area contributed by atoms with Crippen LogP contribution in [0.4, 0.5) is 0 Å². The molecule has 1 aromatic carbocycles. The minimum Gasteiger partial charge on any atom is -0.381 e. The van der Waals surface area contributed by atoms with Crippen molar-refractivity contribution in [3.63, 3.8) is 0 Å². The molecule has 1 fully saturated rings. The average molecular weight is 305 g/mol. The number of rotatable bonds is 6. The number of ether oxygens (including phenoxy) is 1. The number of hydrogen-bond donors (Lipinski definition) is 1. The van der Waals surface area contributed by atoms with Crippen molar-refractivity contribution in [3.05, 3.63) is 29.8 Å². The number of thioether (sulfide) groups is 1. The molecule has 116 valence electrons. The third kappa shape index (κ3) is 3.82. The van der Waals surface area contributed by atoms with Crippen molar-refractivity contribution in [2.24, 2.45) is 5.41 Å². The summed E-state index contributed by atoms with van der Waals surface area (Å²) in [7, 11) is 0. The molecule has 2 nitrogen and oxygen atoms in total. The second kappa shape index (κ2) is 7.17. The van der Waals surface area contributed by atoms with E-state index in [1.54, 1.807) is 5.56 Å². The van der Waals surface area contributed by atoms with Gasteiger partial charge in [-0.2, -0.15) is 0 Å². The minimum atomic E-state index is 0.452. The van der Waals surface area contributed by atoms with Crippen molar-refractivity contribution in [2.45, 2.75) is 49.2 Å². The van der Waals surface area contributed by atoms with Gasteiger partial charge in [0.15, 0.2) is 0 Å². The van der Waals surface area contributed by atoms with E-state index >= 15 is 0 Å². The van der Waals surface area contributed by atoms with E-state index in [1.807, 2.05) is 0 Å². The summed E-state index contributed by atoms with van der Waals surface area (Å²) in [6.45, 7) is 6.43. The van der Waals surface area contributed by atoms with E-state index in [2.05, 4.69) is 48.3 Å². The molecule has 1 N–H and O–H groups in total. The fourth-order valence-corrected chi connectivity index (χ4v) is 5.16. The molecule has 21 heavy (non-hydrogen) atoms. The van der Waals surface area contributed by atoms with Crippen LogP contribution in [0.15, 0.2) is 29.2 Å². The second-order valence-corrected chi connectivity index (χ2v) is 7.89. The largest absolute Gasteiger partial charge is 0.381 e. The van der Waals surface area contributed by atoms with Gasteiger partial charge in [-0.05, 0) is 55.7 Å². The van der Waals surface area contributed by atoms with E-state index in [-0.39, 0.29) is 0 Å². The predicted molar refractivity (Wildman–Crippen MR) is 90.1 cm³/mol. The quantitative estimate of drug-likeness (QED) is 0.806. The van der Waals surface area contributed by atoms with E-state index in [9.17, 15) is 0 Å². The van der Waals surface area contributed by atoms with Gasteiger partial charge in [-0.3, -0.25) is 0 Å². The molecule has 3 heteroatoms. The molecule has 0 amide bonds. The van der Waals surface area contributed by atoms with Crippen molar-refractivity contribution in [3.8, 4) is 0 Å². The molecule has 0 aromatic heterocycles. The van der Waals surface area contributed by atoms with Crippen LogP contribution in [0.1, 0.15) is 38.2 Å². The molecule has 0 bridgehead atoms. The summed E-state index contributed by atoms with van der Waals surface area (Å²) in [5, 5.41) is 4.43. The van der Waals surface area contributed by atoms with E-state index in [0.717, 1.165) is 31.6 Å². The molecule has 2 aliphatic rings. The van der Waals surface area contributed by atoms with E-state index in [1.165, 1.54) is 37.0 Å². The zero-order valence-corrected chi connectivity index (χ0v) is 13.9. The van der Waals surface area contributed by atoms with Crippen LogP contribution in [0.5, 0.6) is 0 Å². The van der Waals surface area contributed by atoms with Crippen molar-refractivity contribution in [1.82, 2.24) is 5.32 Å². The Morgan fingerprint density at radius 1 is 1.29 bits per heavy atom.